The lowest BCUT2D eigenvalue weighted by atomic mass is 10.0. The van der Waals surface area contributed by atoms with E-state index in [1.54, 1.807) is 34.6 Å². The summed E-state index contributed by atoms with van der Waals surface area (Å²) < 4.78 is 5.14. The number of amides is 5. The Morgan fingerprint density at radius 3 is 2.00 bits per heavy atom. The fraction of sp³-hybridized carbons (Fsp3) is 0.684. The molecular weight excluding hydrogens is 412 g/mol. The van der Waals surface area contributed by atoms with Gasteiger partial charge < -0.3 is 25.5 Å². The molecule has 0 radical (unpaired) electrons. The van der Waals surface area contributed by atoms with E-state index >= 15 is 0 Å². The number of hydrogen-bond acceptors (Lipinski definition) is 8. The number of carbonyl (C=O) groups is 6. The lowest BCUT2D eigenvalue weighted by Gasteiger charge is -2.26. The quantitative estimate of drug-likeness (QED) is 0.434. The molecule has 174 valence electrons. The first-order valence-corrected chi connectivity index (χ1v) is 9.85. The van der Waals surface area contributed by atoms with E-state index in [4.69, 9.17) is 4.74 Å². The van der Waals surface area contributed by atoms with E-state index in [0.717, 1.165) is 0 Å². The minimum Gasteiger partial charge on any atom is -0.444 e. The largest absolute Gasteiger partial charge is 0.444 e. The van der Waals surface area contributed by atoms with Crippen molar-refractivity contribution in [1.29, 1.82) is 0 Å². The van der Waals surface area contributed by atoms with Gasteiger partial charge in [0.15, 0.2) is 0 Å². The summed E-state index contributed by atoms with van der Waals surface area (Å²) >= 11 is 0. The van der Waals surface area contributed by atoms with Crippen LogP contribution in [0.5, 0.6) is 0 Å². The van der Waals surface area contributed by atoms with Crippen molar-refractivity contribution in [3.8, 4) is 0 Å². The molecule has 3 N–H and O–H groups in total. The predicted molar refractivity (Wildman–Crippen MR) is 106 cm³/mol. The fourth-order valence-electron chi connectivity index (χ4n) is 2.44. The summed E-state index contributed by atoms with van der Waals surface area (Å²) in [7, 11) is 0. The zero-order chi connectivity index (χ0) is 23.9. The molecule has 0 aromatic rings. The second-order valence-corrected chi connectivity index (χ2v) is 8.36. The Bertz CT molecular complexity index is 728. The van der Waals surface area contributed by atoms with Gasteiger partial charge in [-0.05, 0) is 33.6 Å². The maximum Gasteiger partial charge on any atom is 0.408 e. The lowest BCUT2D eigenvalue weighted by Crippen LogP contribution is -2.55. The zero-order valence-electron chi connectivity index (χ0n) is 18.6. The first-order chi connectivity index (χ1) is 14.2. The van der Waals surface area contributed by atoms with Crippen molar-refractivity contribution in [1.82, 2.24) is 21.0 Å². The number of alkyl carbamates (subject to hydrolysis) is 1. The number of hydrogen-bond donors (Lipinski definition) is 3. The van der Waals surface area contributed by atoms with E-state index in [-0.39, 0.29) is 18.8 Å². The molecule has 1 aliphatic rings. The Morgan fingerprint density at radius 2 is 1.52 bits per heavy atom. The molecule has 0 saturated carbocycles. The Kier molecular flexibility index (Phi) is 8.95. The molecule has 1 fully saturated rings. The van der Waals surface area contributed by atoms with Crippen molar-refractivity contribution in [3.05, 3.63) is 0 Å². The van der Waals surface area contributed by atoms with Crippen molar-refractivity contribution < 1.29 is 38.3 Å². The molecule has 0 aliphatic carbocycles. The molecule has 0 spiro atoms. The van der Waals surface area contributed by atoms with Gasteiger partial charge in [0.25, 0.3) is 11.8 Å². The molecule has 2 unspecified atom stereocenters. The second kappa shape index (κ2) is 10.7. The first kappa shape index (κ1) is 25.9. The van der Waals surface area contributed by atoms with Crippen LogP contribution in [0.4, 0.5) is 4.79 Å². The molecule has 12 heteroatoms. The second-order valence-electron chi connectivity index (χ2n) is 8.36. The van der Waals surface area contributed by atoms with Gasteiger partial charge in [-0.15, -0.1) is 5.06 Å². The van der Waals surface area contributed by atoms with Crippen molar-refractivity contribution >= 4 is 35.7 Å². The standard InChI is InChI=1S/C19H30N4O8/c1-10(2)15(22-18(29)30-19(4,5)6)17(28)21-11(3)16(27)20-9-14(26)31-23-12(24)7-8-13(23)25/h10-11,15H,7-9H2,1-6H3,(H,20,27)(H,21,28)(H,22,29). The summed E-state index contributed by atoms with van der Waals surface area (Å²) in [5.74, 6) is -3.90. The van der Waals surface area contributed by atoms with Gasteiger partial charge in [-0.25, -0.2) is 9.59 Å². The van der Waals surface area contributed by atoms with Gasteiger partial charge in [0, 0.05) is 12.8 Å². The number of ether oxygens (including phenoxy) is 1. The summed E-state index contributed by atoms with van der Waals surface area (Å²) in [6, 6.07) is -2.00. The normalized spacial score (nSPS) is 15.9. The van der Waals surface area contributed by atoms with Crippen LogP contribution in [0.3, 0.4) is 0 Å². The van der Waals surface area contributed by atoms with Crippen LogP contribution in [0.15, 0.2) is 0 Å². The third-order valence-corrected chi connectivity index (χ3v) is 3.98. The summed E-state index contributed by atoms with van der Waals surface area (Å²) in [4.78, 5) is 75.8. The Balaban J connectivity index is 2.54. The molecule has 5 amide bonds. The molecule has 1 heterocycles. The highest BCUT2D eigenvalue weighted by atomic mass is 16.7. The van der Waals surface area contributed by atoms with E-state index in [1.165, 1.54) is 6.92 Å². The van der Waals surface area contributed by atoms with Crippen LogP contribution in [0, 0.1) is 5.92 Å². The van der Waals surface area contributed by atoms with E-state index in [2.05, 4.69) is 20.8 Å². The van der Waals surface area contributed by atoms with Crippen LogP contribution in [0.2, 0.25) is 0 Å². The van der Waals surface area contributed by atoms with E-state index in [1.807, 2.05) is 0 Å². The van der Waals surface area contributed by atoms with Crippen LogP contribution in [0.1, 0.15) is 54.4 Å². The molecule has 31 heavy (non-hydrogen) atoms. The van der Waals surface area contributed by atoms with Gasteiger partial charge in [0.1, 0.15) is 24.2 Å². The van der Waals surface area contributed by atoms with E-state index < -0.39 is 59.9 Å². The molecule has 0 bridgehead atoms. The molecule has 0 aromatic heterocycles. The van der Waals surface area contributed by atoms with Crippen LogP contribution >= 0.6 is 0 Å². The van der Waals surface area contributed by atoms with Crippen molar-refractivity contribution in [2.24, 2.45) is 5.92 Å². The summed E-state index contributed by atoms with van der Waals surface area (Å²) in [5, 5.41) is 7.53. The average molecular weight is 442 g/mol. The molecule has 2 atom stereocenters. The van der Waals surface area contributed by atoms with Crippen LogP contribution in [-0.4, -0.2) is 65.0 Å². The fourth-order valence-corrected chi connectivity index (χ4v) is 2.44. The van der Waals surface area contributed by atoms with Gasteiger partial charge in [-0.1, -0.05) is 13.8 Å². The first-order valence-electron chi connectivity index (χ1n) is 9.85. The third-order valence-electron chi connectivity index (χ3n) is 3.98. The average Bonchev–Trinajstić information content (AvgIpc) is 2.94. The SMILES string of the molecule is CC(NC(=O)C(NC(=O)OC(C)(C)C)C(C)C)C(=O)NCC(=O)ON1C(=O)CCC1=O. The molecule has 0 aromatic carbocycles. The highest BCUT2D eigenvalue weighted by molar-refractivity contribution is 6.01. The van der Waals surface area contributed by atoms with Gasteiger partial charge >= 0.3 is 12.1 Å². The highest BCUT2D eigenvalue weighted by Gasteiger charge is 2.33. The van der Waals surface area contributed by atoms with E-state index in [0.29, 0.717) is 5.06 Å². The number of rotatable bonds is 8. The van der Waals surface area contributed by atoms with Crippen molar-refractivity contribution in [2.45, 2.75) is 72.1 Å². The third kappa shape index (κ3) is 8.60. The number of nitrogens with one attached hydrogen (secondary N) is 3. The smallest absolute Gasteiger partial charge is 0.408 e. The van der Waals surface area contributed by atoms with E-state index in [9.17, 15) is 28.8 Å². The minimum absolute atomic E-state index is 0.0457. The summed E-state index contributed by atoms with van der Waals surface area (Å²) in [5.41, 5.74) is -0.742. The van der Waals surface area contributed by atoms with Crippen LogP contribution < -0.4 is 16.0 Å². The number of hydroxylamine groups is 2. The lowest BCUT2D eigenvalue weighted by molar-refractivity contribution is -0.196. The zero-order valence-corrected chi connectivity index (χ0v) is 18.6. The monoisotopic (exact) mass is 442 g/mol. The molecule has 1 saturated heterocycles. The summed E-state index contributed by atoms with van der Waals surface area (Å²) in [6.07, 6.45) is -0.863. The van der Waals surface area contributed by atoms with Gasteiger partial charge in [0.2, 0.25) is 11.8 Å². The topological polar surface area (TPSA) is 160 Å². The van der Waals surface area contributed by atoms with Gasteiger partial charge in [-0.3, -0.25) is 19.2 Å². The van der Waals surface area contributed by atoms with Gasteiger partial charge in [-0.2, -0.15) is 0 Å². The summed E-state index contributed by atoms with van der Waals surface area (Å²) in [6.45, 7) is 9.25. The van der Waals surface area contributed by atoms with Crippen molar-refractivity contribution in [2.75, 3.05) is 6.54 Å². The number of imide groups is 1. The maximum atomic E-state index is 12.5. The highest BCUT2D eigenvalue weighted by Crippen LogP contribution is 2.12. The molecule has 12 nitrogen and oxygen atoms in total. The Hall–Kier alpha value is -3.18. The Morgan fingerprint density at radius 1 is 0.968 bits per heavy atom. The van der Waals surface area contributed by atoms with Crippen molar-refractivity contribution in [3.63, 3.8) is 0 Å². The number of carbonyl (C=O) groups excluding carboxylic acids is 6. The van der Waals surface area contributed by atoms with Gasteiger partial charge in [0.05, 0.1) is 0 Å². The predicted octanol–water partition coefficient (Wildman–Crippen LogP) is -0.236. The number of nitrogens with zero attached hydrogens (tertiary/aromatic N) is 1. The molecule has 1 aliphatic heterocycles. The van der Waals surface area contributed by atoms with Crippen LogP contribution in [0.25, 0.3) is 0 Å². The maximum absolute atomic E-state index is 12.5. The van der Waals surface area contributed by atoms with Crippen LogP contribution in [-0.2, 0) is 33.5 Å². The molecular formula is C19H30N4O8. The molecule has 1 rings (SSSR count). The Labute approximate surface area is 180 Å². The minimum atomic E-state index is -1.04.